The van der Waals surface area contributed by atoms with Gasteiger partial charge in [-0.3, -0.25) is 0 Å². The summed E-state index contributed by atoms with van der Waals surface area (Å²) in [6, 6.07) is 0. The average molecular weight is 358 g/mol. The van der Waals surface area contributed by atoms with Crippen LogP contribution in [0.4, 0.5) is 9.59 Å². The fraction of sp³-hybridized carbons (Fsp3) is 0.824. The van der Waals surface area contributed by atoms with Gasteiger partial charge in [0.1, 0.15) is 11.2 Å². The molecule has 0 aliphatic heterocycles. The number of rotatable bonds is 3. The number of nitrogens with zero attached hydrogens (tertiary/aromatic N) is 1. The molecule has 2 amide bonds. The molecule has 0 saturated heterocycles. The van der Waals surface area contributed by atoms with Crippen molar-refractivity contribution in [2.24, 2.45) is 0 Å². The zero-order chi connectivity index (χ0) is 19.5. The van der Waals surface area contributed by atoms with Gasteiger partial charge in [-0.15, -0.1) is 0 Å². The van der Waals surface area contributed by atoms with Gasteiger partial charge < -0.3 is 14.2 Å². The van der Waals surface area contributed by atoms with Gasteiger partial charge in [0.15, 0.2) is 5.54 Å². The molecule has 0 aromatic rings. The van der Waals surface area contributed by atoms with Gasteiger partial charge in [0, 0.05) is 0 Å². The maximum atomic E-state index is 12.6. The molecule has 1 aliphatic rings. The smallest absolute Gasteiger partial charge is 0.430 e. The molecule has 1 aliphatic carbocycles. The third kappa shape index (κ3) is 5.79. The Labute approximate surface area is 149 Å². The molecule has 1 fully saturated rings. The molecule has 0 aromatic carbocycles. The van der Waals surface area contributed by atoms with Crippen LogP contribution in [0.15, 0.2) is 0 Å². The van der Waals surface area contributed by atoms with Crippen LogP contribution in [0.1, 0.15) is 67.7 Å². The van der Waals surface area contributed by atoms with Crippen LogP contribution in [-0.2, 0) is 19.0 Å². The van der Waals surface area contributed by atoms with Crippen molar-refractivity contribution in [3.63, 3.8) is 0 Å². The van der Waals surface area contributed by atoms with E-state index in [4.69, 9.17) is 14.2 Å². The van der Waals surface area contributed by atoms with Gasteiger partial charge in [0.25, 0.3) is 0 Å². The summed E-state index contributed by atoms with van der Waals surface area (Å²) in [5.74, 6) is -0.567. The molecule has 8 heteroatoms. The molecule has 0 aromatic heterocycles. The molecule has 144 valence electrons. The average Bonchev–Trinajstić information content (AvgIpc) is 2.32. The molecule has 0 radical (unpaired) electrons. The van der Waals surface area contributed by atoms with Gasteiger partial charge in [0.05, 0.1) is 6.61 Å². The van der Waals surface area contributed by atoms with E-state index in [1.54, 1.807) is 48.5 Å². The first-order valence-electron chi connectivity index (χ1n) is 8.51. The molecule has 0 heterocycles. The third-order valence-corrected chi connectivity index (χ3v) is 3.44. The van der Waals surface area contributed by atoms with Crippen molar-refractivity contribution in [1.82, 2.24) is 10.4 Å². The first kappa shape index (κ1) is 21.1. The number of hydrogen-bond acceptors (Lipinski definition) is 6. The van der Waals surface area contributed by atoms with Crippen molar-refractivity contribution in [2.45, 2.75) is 84.5 Å². The summed E-state index contributed by atoms with van der Waals surface area (Å²) < 4.78 is 15.7. The summed E-state index contributed by atoms with van der Waals surface area (Å²) in [7, 11) is 0. The molecule has 1 rings (SSSR count). The fourth-order valence-electron chi connectivity index (χ4n) is 2.32. The Kier molecular flexibility index (Phi) is 6.31. The first-order chi connectivity index (χ1) is 11.3. The summed E-state index contributed by atoms with van der Waals surface area (Å²) in [5.41, 5.74) is -0.431. The van der Waals surface area contributed by atoms with Crippen LogP contribution in [0.25, 0.3) is 0 Å². The Balaban J connectivity index is 3.08. The van der Waals surface area contributed by atoms with Crippen molar-refractivity contribution in [2.75, 3.05) is 6.61 Å². The molecular formula is C17H30N2O6. The number of hydrazine groups is 1. The lowest BCUT2D eigenvalue weighted by atomic mass is 9.76. The molecule has 1 N–H and O–H groups in total. The van der Waals surface area contributed by atoms with E-state index in [1.807, 2.05) is 0 Å². The minimum atomic E-state index is -1.27. The van der Waals surface area contributed by atoms with Crippen molar-refractivity contribution in [3.8, 4) is 0 Å². The van der Waals surface area contributed by atoms with E-state index < -0.39 is 34.9 Å². The number of esters is 1. The maximum absolute atomic E-state index is 12.6. The van der Waals surface area contributed by atoms with E-state index in [0.717, 1.165) is 11.4 Å². The third-order valence-electron chi connectivity index (χ3n) is 3.44. The van der Waals surface area contributed by atoms with Crippen molar-refractivity contribution in [1.29, 1.82) is 0 Å². The molecule has 0 atom stereocenters. The molecule has 0 bridgehead atoms. The van der Waals surface area contributed by atoms with E-state index in [1.165, 1.54) is 0 Å². The predicted molar refractivity (Wildman–Crippen MR) is 90.7 cm³/mol. The van der Waals surface area contributed by atoms with Crippen molar-refractivity contribution >= 4 is 18.2 Å². The van der Waals surface area contributed by atoms with Gasteiger partial charge in [0.2, 0.25) is 0 Å². The highest BCUT2D eigenvalue weighted by Gasteiger charge is 2.55. The van der Waals surface area contributed by atoms with Crippen LogP contribution in [0.3, 0.4) is 0 Å². The standard InChI is InChI=1S/C17H30N2O6/c1-8-23-12(20)17(10-9-11-17)19(14(22)25-16(5,6)7)18-13(21)24-15(2,3)4/h8-11H2,1-7H3,(H,18,21). The lowest BCUT2D eigenvalue weighted by Gasteiger charge is -2.46. The lowest BCUT2D eigenvalue weighted by Crippen LogP contribution is -2.68. The summed E-state index contributed by atoms with van der Waals surface area (Å²) >= 11 is 0. The van der Waals surface area contributed by atoms with E-state index >= 15 is 0 Å². The summed E-state index contributed by atoms with van der Waals surface area (Å²) in [5, 5.41) is 0.924. The van der Waals surface area contributed by atoms with Gasteiger partial charge in [-0.25, -0.2) is 19.8 Å². The SMILES string of the molecule is CCOC(=O)C1(N(NC(=O)OC(C)(C)C)C(=O)OC(C)(C)C)CCC1. The predicted octanol–water partition coefficient (Wildman–Crippen LogP) is 3.15. The van der Waals surface area contributed by atoms with E-state index in [2.05, 4.69) is 5.43 Å². The van der Waals surface area contributed by atoms with Crippen LogP contribution in [0.2, 0.25) is 0 Å². The number of hydrogen-bond donors (Lipinski definition) is 1. The van der Waals surface area contributed by atoms with Crippen LogP contribution >= 0.6 is 0 Å². The number of carbonyl (C=O) groups is 3. The second kappa shape index (κ2) is 7.49. The Morgan fingerprint density at radius 3 is 1.88 bits per heavy atom. The number of ether oxygens (including phenoxy) is 3. The Bertz CT molecular complexity index is 514. The summed E-state index contributed by atoms with van der Waals surface area (Å²) in [6.07, 6.45) is -0.185. The highest BCUT2D eigenvalue weighted by Crippen LogP contribution is 2.39. The largest absolute Gasteiger partial charge is 0.464 e. The van der Waals surface area contributed by atoms with Crippen LogP contribution in [0, 0.1) is 0 Å². The lowest BCUT2D eigenvalue weighted by molar-refractivity contribution is -0.166. The van der Waals surface area contributed by atoms with Crippen LogP contribution in [0.5, 0.6) is 0 Å². The second-order valence-corrected chi connectivity index (χ2v) is 8.04. The normalized spacial score (nSPS) is 16.3. The minimum Gasteiger partial charge on any atom is -0.464 e. The topological polar surface area (TPSA) is 94.2 Å². The fourth-order valence-corrected chi connectivity index (χ4v) is 2.32. The number of nitrogens with one attached hydrogen (secondary N) is 1. The van der Waals surface area contributed by atoms with Gasteiger partial charge in [-0.2, -0.15) is 5.01 Å². The van der Waals surface area contributed by atoms with Crippen molar-refractivity contribution in [3.05, 3.63) is 0 Å². The highest BCUT2D eigenvalue weighted by molar-refractivity contribution is 5.88. The number of carbonyl (C=O) groups excluding carboxylic acids is 3. The maximum Gasteiger partial charge on any atom is 0.430 e. The monoisotopic (exact) mass is 358 g/mol. The molecule has 25 heavy (non-hydrogen) atoms. The van der Waals surface area contributed by atoms with E-state index in [9.17, 15) is 14.4 Å². The van der Waals surface area contributed by atoms with Gasteiger partial charge in [-0.1, -0.05) is 0 Å². The quantitative estimate of drug-likeness (QED) is 0.473. The first-order valence-corrected chi connectivity index (χ1v) is 8.51. The van der Waals surface area contributed by atoms with E-state index in [-0.39, 0.29) is 6.61 Å². The molecule has 1 saturated carbocycles. The van der Waals surface area contributed by atoms with Crippen LogP contribution < -0.4 is 5.43 Å². The second-order valence-electron chi connectivity index (χ2n) is 8.04. The molecule has 0 unspecified atom stereocenters. The zero-order valence-electron chi connectivity index (χ0n) is 16.2. The number of amides is 2. The molecular weight excluding hydrogens is 328 g/mol. The summed E-state index contributed by atoms with van der Waals surface area (Å²) in [6.45, 7) is 12.1. The van der Waals surface area contributed by atoms with Crippen LogP contribution in [-0.4, -0.2) is 46.5 Å². The zero-order valence-corrected chi connectivity index (χ0v) is 16.2. The van der Waals surface area contributed by atoms with Gasteiger partial charge >= 0.3 is 18.2 Å². The molecule has 0 spiro atoms. The van der Waals surface area contributed by atoms with Crippen molar-refractivity contribution < 1.29 is 28.6 Å². The molecule has 8 nitrogen and oxygen atoms in total. The Hall–Kier alpha value is -1.99. The Morgan fingerprint density at radius 1 is 1.00 bits per heavy atom. The van der Waals surface area contributed by atoms with E-state index in [0.29, 0.717) is 12.8 Å². The highest BCUT2D eigenvalue weighted by atomic mass is 16.6. The Morgan fingerprint density at radius 2 is 1.52 bits per heavy atom. The van der Waals surface area contributed by atoms with Gasteiger partial charge in [-0.05, 0) is 67.7 Å². The summed E-state index contributed by atoms with van der Waals surface area (Å²) in [4.78, 5) is 37.3. The minimum absolute atomic E-state index is 0.176.